The third-order valence-electron chi connectivity index (χ3n) is 3.44. The highest BCUT2D eigenvalue weighted by Crippen LogP contribution is 2.49. The Labute approximate surface area is 117 Å². The maximum Gasteiger partial charge on any atom is 0.181 e. The van der Waals surface area contributed by atoms with Gasteiger partial charge in [0.15, 0.2) is 4.34 Å². The minimum atomic E-state index is -1.12. The Kier molecular flexibility index (Phi) is 3.03. The van der Waals surface area contributed by atoms with Gasteiger partial charge in [0.25, 0.3) is 0 Å². The van der Waals surface area contributed by atoms with Gasteiger partial charge in [-0.15, -0.1) is 11.3 Å². The molecule has 0 aliphatic heterocycles. The van der Waals surface area contributed by atoms with Gasteiger partial charge in [-0.05, 0) is 36.5 Å². The monoisotopic (exact) mass is 291 g/mol. The molecule has 6 heteroatoms. The standard InChI is InChI=1S/C13H13N3OS2/c14-6-5-13(3-4-13)8-19(17)12-16-10-2-1-9(15)7-11(10)18-12/h1-2,7H,3-5,8,15H2. The van der Waals surface area contributed by atoms with E-state index in [0.717, 1.165) is 23.1 Å². The number of rotatable bonds is 4. The molecule has 2 N–H and O–H groups in total. The molecule has 1 aromatic heterocycles. The lowest BCUT2D eigenvalue weighted by molar-refractivity contribution is 0.587. The Morgan fingerprint density at radius 3 is 3.00 bits per heavy atom. The highest BCUT2D eigenvalue weighted by atomic mass is 32.2. The molecule has 1 aliphatic carbocycles. The van der Waals surface area contributed by atoms with E-state index in [9.17, 15) is 4.21 Å². The lowest BCUT2D eigenvalue weighted by Gasteiger charge is -2.07. The zero-order chi connectivity index (χ0) is 13.5. The topological polar surface area (TPSA) is 79.8 Å². The summed E-state index contributed by atoms with van der Waals surface area (Å²) >= 11 is 1.43. The highest BCUT2D eigenvalue weighted by Gasteiger charge is 2.44. The van der Waals surface area contributed by atoms with Crippen LogP contribution in [0.2, 0.25) is 0 Å². The Hall–Kier alpha value is -1.45. The molecule has 1 unspecified atom stereocenters. The second-order valence-electron chi connectivity index (χ2n) is 5.03. The van der Waals surface area contributed by atoms with Crippen molar-refractivity contribution in [3.05, 3.63) is 18.2 Å². The first-order valence-electron chi connectivity index (χ1n) is 6.03. The molecule has 0 radical (unpaired) electrons. The Balaban J connectivity index is 1.84. The van der Waals surface area contributed by atoms with Gasteiger partial charge in [-0.25, -0.2) is 4.98 Å². The van der Waals surface area contributed by atoms with E-state index in [1.54, 1.807) is 6.07 Å². The smallest absolute Gasteiger partial charge is 0.181 e. The molecular weight excluding hydrogens is 278 g/mol. The highest BCUT2D eigenvalue weighted by molar-refractivity contribution is 7.87. The number of nitrogens with two attached hydrogens (primary N) is 1. The van der Waals surface area contributed by atoms with Crippen molar-refractivity contribution in [2.75, 3.05) is 11.5 Å². The molecule has 1 aromatic carbocycles. The average Bonchev–Trinajstić information content (AvgIpc) is 2.98. The quantitative estimate of drug-likeness (QED) is 0.878. The summed E-state index contributed by atoms with van der Waals surface area (Å²) < 4.78 is 14.0. The number of nitrogen functional groups attached to an aromatic ring is 1. The number of hydrogen-bond donors (Lipinski definition) is 1. The summed E-state index contributed by atoms with van der Waals surface area (Å²) in [5.74, 6) is 0.551. The lowest BCUT2D eigenvalue weighted by Crippen LogP contribution is -2.11. The number of anilines is 1. The molecule has 19 heavy (non-hydrogen) atoms. The van der Waals surface area contributed by atoms with Gasteiger partial charge in [-0.2, -0.15) is 5.26 Å². The molecule has 2 aromatic rings. The number of nitrogens with zero attached hydrogens (tertiary/aromatic N) is 2. The van der Waals surface area contributed by atoms with E-state index in [1.165, 1.54) is 11.3 Å². The number of benzene rings is 1. The van der Waals surface area contributed by atoms with Crippen molar-refractivity contribution in [2.24, 2.45) is 5.41 Å². The molecule has 3 rings (SSSR count). The second kappa shape index (κ2) is 4.58. The van der Waals surface area contributed by atoms with E-state index in [1.807, 2.05) is 12.1 Å². The summed E-state index contributed by atoms with van der Waals surface area (Å²) in [4.78, 5) is 4.41. The van der Waals surface area contributed by atoms with E-state index in [2.05, 4.69) is 11.1 Å². The molecule has 0 bridgehead atoms. The molecule has 4 nitrogen and oxygen atoms in total. The molecular formula is C13H13N3OS2. The molecule has 1 aliphatic rings. The second-order valence-corrected chi connectivity index (χ2v) is 7.69. The van der Waals surface area contributed by atoms with Gasteiger partial charge < -0.3 is 5.73 Å². The van der Waals surface area contributed by atoms with Crippen molar-refractivity contribution in [3.8, 4) is 6.07 Å². The summed E-state index contributed by atoms with van der Waals surface area (Å²) in [6.07, 6.45) is 2.50. The van der Waals surface area contributed by atoms with Gasteiger partial charge >= 0.3 is 0 Å². The summed E-state index contributed by atoms with van der Waals surface area (Å²) in [6.45, 7) is 0. The van der Waals surface area contributed by atoms with Crippen LogP contribution in [0.3, 0.4) is 0 Å². The van der Waals surface area contributed by atoms with Crippen LogP contribution in [0, 0.1) is 16.7 Å². The molecule has 0 spiro atoms. The van der Waals surface area contributed by atoms with Gasteiger partial charge in [-0.1, -0.05) is 0 Å². The van der Waals surface area contributed by atoms with Crippen molar-refractivity contribution in [1.82, 2.24) is 4.98 Å². The summed E-state index contributed by atoms with van der Waals surface area (Å²) in [6, 6.07) is 7.70. The third-order valence-corrected chi connectivity index (χ3v) is 6.41. The van der Waals surface area contributed by atoms with Crippen molar-refractivity contribution in [3.63, 3.8) is 0 Å². The molecule has 1 saturated carbocycles. The first-order chi connectivity index (χ1) is 9.12. The Morgan fingerprint density at radius 1 is 1.53 bits per heavy atom. The van der Waals surface area contributed by atoms with Crippen LogP contribution in [0.1, 0.15) is 19.3 Å². The van der Waals surface area contributed by atoms with Crippen LogP contribution in [0.4, 0.5) is 5.69 Å². The van der Waals surface area contributed by atoms with Crippen molar-refractivity contribution in [1.29, 1.82) is 5.26 Å². The largest absolute Gasteiger partial charge is 0.399 e. The fourth-order valence-electron chi connectivity index (χ4n) is 2.07. The number of nitriles is 1. The number of aromatic nitrogens is 1. The van der Waals surface area contributed by atoms with Gasteiger partial charge in [-0.3, -0.25) is 4.21 Å². The molecule has 98 valence electrons. The summed E-state index contributed by atoms with van der Waals surface area (Å²) in [5.41, 5.74) is 7.24. The summed E-state index contributed by atoms with van der Waals surface area (Å²) in [7, 11) is -1.12. The van der Waals surface area contributed by atoms with E-state index >= 15 is 0 Å². The van der Waals surface area contributed by atoms with Crippen molar-refractivity contribution >= 4 is 38.0 Å². The van der Waals surface area contributed by atoms with Gasteiger partial charge in [0.2, 0.25) is 0 Å². The summed E-state index contributed by atoms with van der Waals surface area (Å²) in [5, 5.41) is 8.79. The number of hydrogen-bond acceptors (Lipinski definition) is 5. The first kappa shape index (κ1) is 12.6. The molecule has 1 fully saturated rings. The zero-order valence-corrected chi connectivity index (χ0v) is 11.9. The minimum Gasteiger partial charge on any atom is -0.399 e. The normalized spacial score (nSPS) is 18.1. The SMILES string of the molecule is N#CCC1(CS(=O)c2nc3ccc(N)cc3s2)CC1. The third kappa shape index (κ3) is 2.48. The zero-order valence-electron chi connectivity index (χ0n) is 10.3. The van der Waals surface area contributed by atoms with Crippen LogP contribution >= 0.6 is 11.3 Å². The van der Waals surface area contributed by atoms with Gasteiger partial charge in [0.1, 0.15) is 0 Å². The fraction of sp³-hybridized carbons (Fsp3) is 0.385. The van der Waals surface area contributed by atoms with Gasteiger partial charge in [0.05, 0.1) is 27.1 Å². The van der Waals surface area contributed by atoms with Crippen LogP contribution < -0.4 is 5.73 Å². The van der Waals surface area contributed by atoms with Crippen LogP contribution in [-0.2, 0) is 10.8 Å². The van der Waals surface area contributed by atoms with E-state index in [-0.39, 0.29) is 5.41 Å². The maximum atomic E-state index is 12.3. The molecule has 1 atom stereocenters. The number of fused-ring (bicyclic) bond motifs is 1. The van der Waals surface area contributed by atoms with Crippen LogP contribution in [0.5, 0.6) is 0 Å². The Morgan fingerprint density at radius 2 is 2.32 bits per heavy atom. The number of thiazole rings is 1. The lowest BCUT2D eigenvalue weighted by atomic mass is 10.1. The molecule has 1 heterocycles. The van der Waals surface area contributed by atoms with E-state index < -0.39 is 10.8 Å². The Bertz CT molecular complexity index is 697. The molecule has 0 amide bonds. The predicted molar refractivity (Wildman–Crippen MR) is 77.2 cm³/mol. The van der Waals surface area contributed by atoms with Gasteiger partial charge in [0, 0.05) is 17.9 Å². The average molecular weight is 291 g/mol. The van der Waals surface area contributed by atoms with Crippen LogP contribution in [0.15, 0.2) is 22.5 Å². The molecule has 0 saturated heterocycles. The maximum absolute atomic E-state index is 12.3. The minimum absolute atomic E-state index is 0.0174. The predicted octanol–water partition coefficient (Wildman–Crippen LogP) is 2.68. The van der Waals surface area contributed by atoms with E-state index in [0.29, 0.717) is 22.2 Å². The first-order valence-corrected chi connectivity index (χ1v) is 8.17. The van der Waals surface area contributed by atoms with E-state index in [4.69, 9.17) is 11.0 Å². The van der Waals surface area contributed by atoms with Crippen molar-refractivity contribution < 1.29 is 4.21 Å². The van der Waals surface area contributed by atoms with Crippen molar-refractivity contribution in [2.45, 2.75) is 23.6 Å². The van der Waals surface area contributed by atoms with Crippen LogP contribution in [0.25, 0.3) is 10.2 Å². The fourth-order valence-corrected chi connectivity index (χ4v) is 4.91. The van der Waals surface area contributed by atoms with Crippen LogP contribution in [-0.4, -0.2) is 14.9 Å².